The van der Waals surface area contributed by atoms with Crippen LogP contribution in [0.3, 0.4) is 0 Å². The number of amides is 1. The third-order valence-electron chi connectivity index (χ3n) is 4.56. The van der Waals surface area contributed by atoms with Crippen molar-refractivity contribution < 1.29 is 14.3 Å². The lowest BCUT2D eigenvalue weighted by atomic mass is 10.1. The predicted octanol–water partition coefficient (Wildman–Crippen LogP) is 3.74. The standard InChI is InChI=1S/C21H25N3O3/c1-26-18-9-6-16(14-19(18)27-2)7-11-21(25)23-20-10-8-17(15-22-20)24-12-4-3-5-13-24/h6-11,14-15H,3-5,12-13H2,1-2H3,(H,22,23,25)/b11-7+. The minimum atomic E-state index is -0.233. The second-order valence-electron chi connectivity index (χ2n) is 6.39. The summed E-state index contributed by atoms with van der Waals surface area (Å²) in [6.45, 7) is 2.14. The number of pyridine rings is 1. The number of piperidine rings is 1. The minimum absolute atomic E-state index is 0.233. The molecule has 1 saturated heterocycles. The zero-order valence-electron chi connectivity index (χ0n) is 15.8. The van der Waals surface area contributed by atoms with Gasteiger partial charge in [-0.3, -0.25) is 4.79 Å². The van der Waals surface area contributed by atoms with Crippen LogP contribution in [0.1, 0.15) is 24.8 Å². The first-order valence-corrected chi connectivity index (χ1v) is 9.11. The Morgan fingerprint density at radius 3 is 2.52 bits per heavy atom. The van der Waals surface area contributed by atoms with E-state index >= 15 is 0 Å². The molecule has 0 atom stereocenters. The third-order valence-corrected chi connectivity index (χ3v) is 4.56. The van der Waals surface area contributed by atoms with Crippen molar-refractivity contribution in [1.82, 2.24) is 4.98 Å². The zero-order valence-corrected chi connectivity index (χ0v) is 15.8. The van der Waals surface area contributed by atoms with Crippen molar-refractivity contribution in [1.29, 1.82) is 0 Å². The molecule has 1 aliphatic heterocycles. The SMILES string of the molecule is COc1ccc(/C=C/C(=O)Nc2ccc(N3CCCCC3)cn2)cc1OC. The fraction of sp³-hybridized carbons (Fsp3) is 0.333. The highest BCUT2D eigenvalue weighted by molar-refractivity contribution is 6.01. The number of hydrogen-bond donors (Lipinski definition) is 1. The van der Waals surface area contributed by atoms with E-state index < -0.39 is 0 Å². The average molecular weight is 367 g/mol. The number of carbonyl (C=O) groups excluding carboxylic acids is 1. The van der Waals surface area contributed by atoms with Gasteiger partial charge in [-0.15, -0.1) is 0 Å². The molecule has 27 heavy (non-hydrogen) atoms. The van der Waals surface area contributed by atoms with Gasteiger partial charge in [-0.1, -0.05) is 6.07 Å². The van der Waals surface area contributed by atoms with Gasteiger partial charge in [0, 0.05) is 19.2 Å². The summed E-state index contributed by atoms with van der Waals surface area (Å²) in [7, 11) is 3.17. The van der Waals surface area contributed by atoms with Crippen molar-refractivity contribution in [3.05, 3.63) is 48.2 Å². The van der Waals surface area contributed by atoms with Crippen molar-refractivity contribution in [3.8, 4) is 11.5 Å². The van der Waals surface area contributed by atoms with Crippen LogP contribution in [0, 0.1) is 0 Å². The van der Waals surface area contributed by atoms with Gasteiger partial charge in [0.05, 0.1) is 26.1 Å². The van der Waals surface area contributed by atoms with Crippen LogP contribution in [0.4, 0.5) is 11.5 Å². The monoisotopic (exact) mass is 367 g/mol. The summed E-state index contributed by atoms with van der Waals surface area (Å²) in [5.74, 6) is 1.58. The lowest BCUT2D eigenvalue weighted by Crippen LogP contribution is -2.29. The molecule has 6 nitrogen and oxygen atoms in total. The molecule has 0 aliphatic carbocycles. The second-order valence-corrected chi connectivity index (χ2v) is 6.39. The molecule has 2 aromatic rings. The van der Waals surface area contributed by atoms with Gasteiger partial charge in [0.15, 0.2) is 11.5 Å². The van der Waals surface area contributed by atoms with Gasteiger partial charge < -0.3 is 19.7 Å². The van der Waals surface area contributed by atoms with E-state index in [4.69, 9.17) is 9.47 Å². The first-order valence-electron chi connectivity index (χ1n) is 9.11. The Balaban J connectivity index is 1.59. The van der Waals surface area contributed by atoms with Crippen LogP contribution in [-0.2, 0) is 4.79 Å². The summed E-state index contributed by atoms with van der Waals surface area (Å²) >= 11 is 0. The van der Waals surface area contributed by atoms with Crippen molar-refractivity contribution in [2.45, 2.75) is 19.3 Å². The number of ether oxygens (including phenoxy) is 2. The molecule has 1 fully saturated rings. The largest absolute Gasteiger partial charge is 0.493 e. The summed E-state index contributed by atoms with van der Waals surface area (Å²) in [5, 5.41) is 2.78. The van der Waals surface area contributed by atoms with Crippen LogP contribution in [0.15, 0.2) is 42.6 Å². The first kappa shape index (κ1) is 18.8. The Labute approximate surface area is 159 Å². The zero-order chi connectivity index (χ0) is 19.1. The maximum absolute atomic E-state index is 12.1. The smallest absolute Gasteiger partial charge is 0.249 e. The van der Waals surface area contributed by atoms with Crippen LogP contribution in [0.2, 0.25) is 0 Å². The molecule has 3 rings (SSSR count). The van der Waals surface area contributed by atoms with E-state index in [1.807, 2.05) is 30.5 Å². The maximum atomic E-state index is 12.1. The molecule has 0 bridgehead atoms. The number of anilines is 2. The number of aromatic nitrogens is 1. The van der Waals surface area contributed by atoms with Gasteiger partial charge in [0.1, 0.15) is 5.82 Å². The molecular weight excluding hydrogens is 342 g/mol. The average Bonchev–Trinajstić information content (AvgIpc) is 2.73. The van der Waals surface area contributed by atoms with Gasteiger partial charge in [-0.25, -0.2) is 4.98 Å². The second kappa shape index (κ2) is 9.07. The number of carbonyl (C=O) groups is 1. The van der Waals surface area contributed by atoms with Crippen LogP contribution >= 0.6 is 0 Å². The molecule has 1 amide bonds. The van der Waals surface area contributed by atoms with Crippen LogP contribution < -0.4 is 19.7 Å². The fourth-order valence-electron chi connectivity index (χ4n) is 3.10. The van der Waals surface area contributed by atoms with E-state index in [2.05, 4.69) is 15.2 Å². The van der Waals surface area contributed by atoms with Crippen LogP contribution in [-0.4, -0.2) is 38.2 Å². The van der Waals surface area contributed by atoms with E-state index in [-0.39, 0.29) is 5.91 Å². The van der Waals surface area contributed by atoms with Crippen LogP contribution in [0.25, 0.3) is 6.08 Å². The number of hydrogen-bond acceptors (Lipinski definition) is 5. The third kappa shape index (κ3) is 5.00. The summed E-state index contributed by atoms with van der Waals surface area (Å²) in [6, 6.07) is 9.32. The molecule has 6 heteroatoms. The van der Waals surface area contributed by atoms with Gasteiger partial charge >= 0.3 is 0 Å². The van der Waals surface area contributed by atoms with Gasteiger partial charge in [0.25, 0.3) is 0 Å². The van der Waals surface area contributed by atoms with E-state index in [9.17, 15) is 4.79 Å². The number of benzene rings is 1. The van der Waals surface area contributed by atoms with E-state index in [1.54, 1.807) is 26.4 Å². The lowest BCUT2D eigenvalue weighted by Gasteiger charge is -2.28. The predicted molar refractivity (Wildman–Crippen MR) is 108 cm³/mol. The van der Waals surface area contributed by atoms with E-state index in [0.717, 1.165) is 24.3 Å². The molecule has 1 aromatic heterocycles. The summed E-state index contributed by atoms with van der Waals surface area (Å²) < 4.78 is 10.5. The summed E-state index contributed by atoms with van der Waals surface area (Å²) in [5.41, 5.74) is 1.95. The highest BCUT2D eigenvalue weighted by Crippen LogP contribution is 2.28. The Bertz CT molecular complexity index is 797. The van der Waals surface area contributed by atoms with Crippen molar-refractivity contribution >= 4 is 23.5 Å². The fourth-order valence-corrected chi connectivity index (χ4v) is 3.10. The maximum Gasteiger partial charge on any atom is 0.249 e. The molecule has 0 spiro atoms. The molecular formula is C21H25N3O3. The first-order chi connectivity index (χ1) is 13.2. The Morgan fingerprint density at radius 2 is 1.85 bits per heavy atom. The number of nitrogens with zero attached hydrogens (tertiary/aromatic N) is 2. The molecule has 0 unspecified atom stereocenters. The molecule has 142 valence electrons. The molecule has 1 N–H and O–H groups in total. The highest BCUT2D eigenvalue weighted by Gasteiger charge is 2.11. The topological polar surface area (TPSA) is 63.7 Å². The summed E-state index contributed by atoms with van der Waals surface area (Å²) in [6.07, 6.45) is 8.75. The van der Waals surface area contributed by atoms with Crippen molar-refractivity contribution in [3.63, 3.8) is 0 Å². The number of nitrogens with one attached hydrogen (secondary N) is 1. The highest BCUT2D eigenvalue weighted by atomic mass is 16.5. The molecule has 1 aliphatic rings. The summed E-state index contributed by atoms with van der Waals surface area (Å²) in [4.78, 5) is 18.8. The minimum Gasteiger partial charge on any atom is -0.493 e. The number of methoxy groups -OCH3 is 2. The Morgan fingerprint density at radius 1 is 1.07 bits per heavy atom. The Kier molecular flexibility index (Phi) is 6.30. The van der Waals surface area contributed by atoms with Gasteiger partial charge in [-0.05, 0) is 55.2 Å². The molecule has 0 radical (unpaired) electrons. The normalized spacial score (nSPS) is 14.2. The van der Waals surface area contributed by atoms with E-state index in [0.29, 0.717) is 17.3 Å². The van der Waals surface area contributed by atoms with Crippen LogP contribution in [0.5, 0.6) is 11.5 Å². The van der Waals surface area contributed by atoms with E-state index in [1.165, 1.54) is 25.3 Å². The van der Waals surface area contributed by atoms with Crippen molar-refractivity contribution in [2.24, 2.45) is 0 Å². The Hall–Kier alpha value is -3.02. The molecule has 0 saturated carbocycles. The molecule has 1 aromatic carbocycles. The van der Waals surface area contributed by atoms with Gasteiger partial charge in [0.2, 0.25) is 5.91 Å². The number of rotatable bonds is 6. The quantitative estimate of drug-likeness (QED) is 0.788. The van der Waals surface area contributed by atoms with Gasteiger partial charge in [-0.2, -0.15) is 0 Å². The van der Waals surface area contributed by atoms with Crippen molar-refractivity contribution in [2.75, 3.05) is 37.5 Å². The lowest BCUT2D eigenvalue weighted by molar-refractivity contribution is -0.111. The molecule has 2 heterocycles.